The fourth-order valence-corrected chi connectivity index (χ4v) is 4.81. The highest BCUT2D eigenvalue weighted by atomic mass is 35.5. The van der Waals surface area contributed by atoms with Crippen LogP contribution in [0.5, 0.6) is 0 Å². The molecule has 1 saturated heterocycles. The predicted octanol–water partition coefficient (Wildman–Crippen LogP) is 5.13. The summed E-state index contributed by atoms with van der Waals surface area (Å²) in [5.41, 5.74) is 6.71. The van der Waals surface area contributed by atoms with E-state index in [4.69, 9.17) is 26.4 Å². The van der Waals surface area contributed by atoms with Gasteiger partial charge in [0.25, 0.3) is 0 Å². The Morgan fingerprint density at radius 3 is 2.67 bits per heavy atom. The van der Waals surface area contributed by atoms with Gasteiger partial charge < -0.3 is 14.7 Å². The van der Waals surface area contributed by atoms with Crippen molar-refractivity contribution in [2.45, 2.75) is 32.4 Å². The van der Waals surface area contributed by atoms with Crippen LogP contribution < -0.4 is 4.90 Å². The molecule has 0 bridgehead atoms. The molecule has 2 aromatic heterocycles. The van der Waals surface area contributed by atoms with Crippen molar-refractivity contribution >= 4 is 23.1 Å². The summed E-state index contributed by atoms with van der Waals surface area (Å²) >= 11 is 6.16. The second-order valence-corrected chi connectivity index (χ2v) is 8.97. The molecule has 0 radical (unpaired) electrons. The van der Waals surface area contributed by atoms with E-state index in [2.05, 4.69) is 42.2 Å². The zero-order valence-electron chi connectivity index (χ0n) is 18.8. The van der Waals surface area contributed by atoms with E-state index in [0.29, 0.717) is 11.6 Å². The SMILES string of the molecule is COCc1nn2c(-c3cccc(C)c3)cc(N3CCCC3CO)nc2c1-c1ccc(Cl)cc1. The van der Waals surface area contributed by atoms with E-state index < -0.39 is 0 Å². The number of aryl methyl sites for hydroxylation is 1. The molecule has 0 amide bonds. The molecule has 0 saturated carbocycles. The number of nitrogens with zero attached hydrogens (tertiary/aromatic N) is 4. The van der Waals surface area contributed by atoms with Crippen LogP contribution in [-0.4, -0.2) is 46.0 Å². The smallest absolute Gasteiger partial charge is 0.166 e. The van der Waals surface area contributed by atoms with Crippen LogP contribution in [0.15, 0.2) is 54.6 Å². The molecular formula is C26H27ClN4O2. The van der Waals surface area contributed by atoms with Crippen LogP contribution in [0.1, 0.15) is 24.1 Å². The van der Waals surface area contributed by atoms with Gasteiger partial charge in [-0.3, -0.25) is 0 Å². The lowest BCUT2D eigenvalue weighted by molar-refractivity contribution is 0.181. The Labute approximate surface area is 198 Å². The summed E-state index contributed by atoms with van der Waals surface area (Å²) in [7, 11) is 1.67. The highest BCUT2D eigenvalue weighted by Crippen LogP contribution is 2.35. The standard InChI is InChI=1S/C26H27ClN4O2/c1-17-5-3-6-19(13-17)23-14-24(30-12-4-7-21(30)15-32)28-26-25(18-8-10-20(27)11-9-18)22(16-33-2)29-31(23)26/h3,5-6,8-11,13-14,21,32H,4,7,12,15-16H2,1-2H3. The molecule has 7 heteroatoms. The second kappa shape index (κ2) is 9.14. The predicted molar refractivity (Wildman–Crippen MR) is 132 cm³/mol. The Morgan fingerprint density at radius 1 is 1.12 bits per heavy atom. The fraction of sp³-hybridized carbons (Fsp3) is 0.308. The molecular weight excluding hydrogens is 436 g/mol. The van der Waals surface area contributed by atoms with Crippen molar-refractivity contribution in [3.63, 3.8) is 0 Å². The maximum Gasteiger partial charge on any atom is 0.166 e. The van der Waals surface area contributed by atoms with E-state index in [0.717, 1.165) is 58.9 Å². The first-order valence-electron chi connectivity index (χ1n) is 11.2. The van der Waals surface area contributed by atoms with Crippen LogP contribution in [-0.2, 0) is 11.3 Å². The molecule has 0 aliphatic carbocycles. The van der Waals surface area contributed by atoms with Gasteiger partial charge in [-0.15, -0.1) is 0 Å². The van der Waals surface area contributed by atoms with Gasteiger partial charge in [-0.1, -0.05) is 47.5 Å². The first-order chi connectivity index (χ1) is 16.1. The van der Waals surface area contributed by atoms with Crippen molar-refractivity contribution in [1.82, 2.24) is 14.6 Å². The van der Waals surface area contributed by atoms with Crippen molar-refractivity contribution in [1.29, 1.82) is 0 Å². The molecule has 4 aromatic rings. The molecule has 1 N–H and O–H groups in total. The summed E-state index contributed by atoms with van der Waals surface area (Å²) < 4.78 is 7.42. The minimum Gasteiger partial charge on any atom is -0.394 e. The van der Waals surface area contributed by atoms with E-state index in [9.17, 15) is 5.11 Å². The van der Waals surface area contributed by atoms with Crippen LogP contribution in [0.25, 0.3) is 28.0 Å². The zero-order chi connectivity index (χ0) is 22.9. The lowest BCUT2D eigenvalue weighted by Gasteiger charge is -2.25. The molecule has 1 atom stereocenters. The van der Waals surface area contributed by atoms with Gasteiger partial charge in [0.05, 0.1) is 36.2 Å². The molecule has 6 nitrogen and oxygen atoms in total. The van der Waals surface area contributed by atoms with E-state index in [1.165, 1.54) is 5.56 Å². The third kappa shape index (κ3) is 4.10. The molecule has 1 fully saturated rings. The molecule has 1 aliphatic rings. The maximum atomic E-state index is 9.95. The van der Waals surface area contributed by atoms with Crippen LogP contribution in [0, 0.1) is 6.92 Å². The highest BCUT2D eigenvalue weighted by Gasteiger charge is 2.27. The number of aliphatic hydroxyl groups excluding tert-OH is 1. The third-order valence-electron chi connectivity index (χ3n) is 6.26. The quantitative estimate of drug-likeness (QED) is 0.430. The summed E-state index contributed by atoms with van der Waals surface area (Å²) in [6, 6.07) is 18.3. The van der Waals surface area contributed by atoms with Crippen molar-refractivity contribution in [2.75, 3.05) is 25.2 Å². The number of methoxy groups -OCH3 is 1. The average Bonchev–Trinajstić information content (AvgIpc) is 3.44. The van der Waals surface area contributed by atoms with E-state index >= 15 is 0 Å². The number of hydrogen-bond acceptors (Lipinski definition) is 5. The molecule has 1 unspecified atom stereocenters. The van der Waals surface area contributed by atoms with E-state index in [-0.39, 0.29) is 12.6 Å². The topological polar surface area (TPSA) is 62.9 Å². The molecule has 2 aromatic carbocycles. The Morgan fingerprint density at radius 2 is 1.94 bits per heavy atom. The van der Waals surface area contributed by atoms with Gasteiger partial charge >= 0.3 is 0 Å². The number of hydrogen-bond donors (Lipinski definition) is 1. The fourth-order valence-electron chi connectivity index (χ4n) is 4.68. The summed E-state index contributed by atoms with van der Waals surface area (Å²) in [4.78, 5) is 7.31. The number of halogens is 1. The molecule has 3 heterocycles. The van der Waals surface area contributed by atoms with Crippen molar-refractivity contribution in [3.8, 4) is 22.4 Å². The molecule has 0 spiro atoms. The number of aromatic nitrogens is 3. The Kier molecular flexibility index (Phi) is 6.06. The van der Waals surface area contributed by atoms with Gasteiger partial charge in [-0.2, -0.15) is 5.10 Å². The number of rotatable bonds is 6. The first-order valence-corrected chi connectivity index (χ1v) is 11.6. The van der Waals surface area contributed by atoms with Crippen LogP contribution in [0.2, 0.25) is 5.02 Å². The number of fused-ring (bicyclic) bond motifs is 1. The zero-order valence-corrected chi connectivity index (χ0v) is 19.6. The van der Waals surface area contributed by atoms with Crippen LogP contribution in [0.3, 0.4) is 0 Å². The Hall–Kier alpha value is -2.93. The Bertz CT molecular complexity index is 1290. The number of benzene rings is 2. The third-order valence-corrected chi connectivity index (χ3v) is 6.51. The summed E-state index contributed by atoms with van der Waals surface area (Å²) in [5, 5.41) is 15.6. The summed E-state index contributed by atoms with van der Waals surface area (Å²) in [6.45, 7) is 3.44. The first kappa shape index (κ1) is 21.9. The van der Waals surface area contributed by atoms with Crippen molar-refractivity contribution in [2.24, 2.45) is 0 Å². The van der Waals surface area contributed by atoms with E-state index in [1.54, 1.807) is 7.11 Å². The Balaban J connectivity index is 1.81. The minimum absolute atomic E-state index is 0.0747. The highest BCUT2D eigenvalue weighted by molar-refractivity contribution is 6.30. The molecule has 170 valence electrons. The number of aliphatic hydroxyl groups is 1. The van der Waals surface area contributed by atoms with Crippen LogP contribution in [0.4, 0.5) is 5.82 Å². The van der Waals surface area contributed by atoms with Gasteiger partial charge in [0.1, 0.15) is 5.82 Å². The van der Waals surface area contributed by atoms with Crippen LogP contribution >= 0.6 is 11.6 Å². The lowest BCUT2D eigenvalue weighted by atomic mass is 10.1. The van der Waals surface area contributed by atoms with Gasteiger partial charge in [-0.25, -0.2) is 9.50 Å². The molecule has 5 rings (SSSR count). The van der Waals surface area contributed by atoms with Gasteiger partial charge in [-0.05, 0) is 43.5 Å². The number of ether oxygens (including phenoxy) is 1. The van der Waals surface area contributed by atoms with E-state index in [1.807, 2.05) is 28.8 Å². The second-order valence-electron chi connectivity index (χ2n) is 8.54. The largest absolute Gasteiger partial charge is 0.394 e. The van der Waals surface area contributed by atoms with Crippen molar-refractivity contribution in [3.05, 3.63) is 70.9 Å². The van der Waals surface area contributed by atoms with Crippen molar-refractivity contribution < 1.29 is 9.84 Å². The lowest BCUT2D eigenvalue weighted by Crippen LogP contribution is -2.32. The summed E-state index contributed by atoms with van der Waals surface area (Å²) in [5.74, 6) is 0.856. The minimum atomic E-state index is 0.0747. The van der Waals surface area contributed by atoms with Gasteiger partial charge in [0.15, 0.2) is 5.65 Å². The molecule has 1 aliphatic heterocycles. The maximum absolute atomic E-state index is 9.95. The average molecular weight is 463 g/mol. The summed E-state index contributed by atoms with van der Waals surface area (Å²) in [6.07, 6.45) is 2.00. The monoisotopic (exact) mass is 462 g/mol. The number of anilines is 1. The normalized spacial score (nSPS) is 16.1. The molecule has 33 heavy (non-hydrogen) atoms. The van der Waals surface area contributed by atoms with Gasteiger partial charge in [0.2, 0.25) is 0 Å². The van der Waals surface area contributed by atoms with Gasteiger partial charge in [0, 0.05) is 30.3 Å².